The van der Waals surface area contributed by atoms with Crippen LogP contribution in [0.5, 0.6) is 0 Å². The van der Waals surface area contributed by atoms with E-state index in [0.717, 1.165) is 0 Å². The van der Waals surface area contributed by atoms with Crippen molar-refractivity contribution in [2.24, 2.45) is 0 Å². The smallest absolute Gasteiger partial charge is 0.416 e. The third-order valence-corrected chi connectivity index (χ3v) is 7.33. The molecule has 0 saturated carbocycles. The maximum atomic E-state index is 13.2. The number of carboxylic acids is 1. The second-order valence-electron chi connectivity index (χ2n) is 7.13. The predicted molar refractivity (Wildman–Crippen MR) is 100 cm³/mol. The van der Waals surface area contributed by atoms with Crippen LogP contribution in [0.4, 0.5) is 13.2 Å². The standard InChI is InChI=1S/C17H18F3N3O6S2/c1-30(26,27)11-5-10(17(18,19)20)6-12(7-11)31(28,29)22-14-3-2-4-15-13(14)8-21-23(15)9-16(24)25/h5-8,14,22H,2-4,9H2,1H3,(H,24,25). The summed E-state index contributed by atoms with van der Waals surface area (Å²) < 4.78 is 92.5. The van der Waals surface area contributed by atoms with Gasteiger partial charge in [0.25, 0.3) is 0 Å². The number of benzene rings is 1. The number of nitrogens with one attached hydrogen (secondary N) is 1. The number of aromatic nitrogens is 2. The number of alkyl halides is 3. The fraction of sp³-hybridized carbons (Fsp3) is 0.412. The number of carboxylic acid groups (broad SMARTS) is 1. The lowest BCUT2D eigenvalue weighted by Crippen LogP contribution is -2.31. The molecule has 1 aromatic carbocycles. The number of halogens is 3. The molecule has 0 bridgehead atoms. The Morgan fingerprint density at radius 1 is 1.23 bits per heavy atom. The molecule has 0 fully saturated rings. The summed E-state index contributed by atoms with van der Waals surface area (Å²) in [5.74, 6) is -1.13. The van der Waals surface area contributed by atoms with E-state index in [1.807, 2.05) is 0 Å². The van der Waals surface area contributed by atoms with Gasteiger partial charge in [0.15, 0.2) is 9.84 Å². The number of fused-ring (bicyclic) bond motifs is 1. The number of sulfone groups is 1. The maximum absolute atomic E-state index is 13.2. The lowest BCUT2D eigenvalue weighted by molar-refractivity contribution is -0.138. The van der Waals surface area contributed by atoms with Crippen molar-refractivity contribution in [2.75, 3.05) is 6.26 Å². The van der Waals surface area contributed by atoms with E-state index in [9.17, 15) is 34.8 Å². The Labute approximate surface area is 175 Å². The minimum absolute atomic E-state index is 0.308. The maximum Gasteiger partial charge on any atom is 0.416 e. The molecule has 0 spiro atoms. The van der Waals surface area contributed by atoms with Crippen molar-refractivity contribution in [3.8, 4) is 0 Å². The fourth-order valence-corrected chi connectivity index (χ4v) is 5.44. The Kier molecular flexibility index (Phi) is 5.92. The molecular weight excluding hydrogens is 463 g/mol. The zero-order valence-corrected chi connectivity index (χ0v) is 17.7. The summed E-state index contributed by atoms with van der Waals surface area (Å²) in [6, 6.07) is 0.565. The Morgan fingerprint density at radius 2 is 1.87 bits per heavy atom. The highest BCUT2D eigenvalue weighted by atomic mass is 32.2. The van der Waals surface area contributed by atoms with Gasteiger partial charge in [-0.1, -0.05) is 0 Å². The SMILES string of the molecule is CS(=O)(=O)c1cc(C(F)(F)F)cc(S(=O)(=O)NC2CCCc3c2cnn3CC(=O)O)c1. The van der Waals surface area contributed by atoms with Gasteiger partial charge in [-0.15, -0.1) is 0 Å². The number of carbonyl (C=O) groups is 1. The summed E-state index contributed by atoms with van der Waals surface area (Å²) in [5.41, 5.74) is -0.469. The van der Waals surface area contributed by atoms with E-state index in [1.165, 1.54) is 10.9 Å². The molecule has 2 N–H and O–H groups in total. The Morgan fingerprint density at radius 3 is 2.45 bits per heavy atom. The molecule has 3 rings (SSSR count). The molecule has 31 heavy (non-hydrogen) atoms. The number of hydrogen-bond acceptors (Lipinski definition) is 6. The summed E-state index contributed by atoms with van der Waals surface area (Å²) in [4.78, 5) is 9.34. The van der Waals surface area contributed by atoms with Crippen LogP contribution in [0.3, 0.4) is 0 Å². The van der Waals surface area contributed by atoms with Crippen LogP contribution in [0, 0.1) is 0 Å². The molecule has 1 unspecified atom stereocenters. The van der Waals surface area contributed by atoms with Crippen molar-refractivity contribution in [3.05, 3.63) is 41.2 Å². The molecule has 1 atom stereocenters. The van der Waals surface area contributed by atoms with Crippen molar-refractivity contribution < 1.29 is 39.9 Å². The van der Waals surface area contributed by atoms with Crippen LogP contribution in [0.15, 0.2) is 34.2 Å². The highest BCUT2D eigenvalue weighted by Gasteiger charge is 2.35. The summed E-state index contributed by atoms with van der Waals surface area (Å²) in [6.07, 6.45) is -1.70. The number of nitrogens with zero attached hydrogens (tertiary/aromatic N) is 2. The molecule has 14 heteroatoms. The van der Waals surface area contributed by atoms with Crippen molar-refractivity contribution in [3.63, 3.8) is 0 Å². The lowest BCUT2D eigenvalue weighted by atomic mass is 9.94. The summed E-state index contributed by atoms with van der Waals surface area (Å²) in [5, 5.41) is 12.9. The fourth-order valence-electron chi connectivity index (χ4n) is 3.37. The van der Waals surface area contributed by atoms with Crippen molar-refractivity contribution in [1.82, 2.24) is 14.5 Å². The van der Waals surface area contributed by atoms with E-state index in [2.05, 4.69) is 9.82 Å². The van der Waals surface area contributed by atoms with E-state index in [4.69, 9.17) is 5.11 Å². The molecule has 0 radical (unpaired) electrons. The zero-order chi connectivity index (χ0) is 23.2. The largest absolute Gasteiger partial charge is 0.480 e. The minimum atomic E-state index is -4.96. The van der Waals surface area contributed by atoms with Gasteiger partial charge in [0.1, 0.15) is 6.54 Å². The second kappa shape index (κ2) is 7.91. The molecule has 1 aliphatic carbocycles. The van der Waals surface area contributed by atoms with Crippen LogP contribution in [0.1, 0.15) is 35.7 Å². The van der Waals surface area contributed by atoms with Crippen LogP contribution in [-0.4, -0.2) is 43.9 Å². The number of hydrogen-bond donors (Lipinski definition) is 2. The third-order valence-electron chi connectivity index (χ3n) is 4.79. The minimum Gasteiger partial charge on any atom is -0.480 e. The zero-order valence-electron chi connectivity index (χ0n) is 16.0. The van der Waals surface area contributed by atoms with Crippen LogP contribution in [-0.2, 0) is 43.8 Å². The van der Waals surface area contributed by atoms with Crippen molar-refractivity contribution >= 4 is 25.8 Å². The molecule has 1 aliphatic rings. The monoisotopic (exact) mass is 481 g/mol. The number of aliphatic carboxylic acids is 1. The van der Waals surface area contributed by atoms with E-state index in [1.54, 1.807) is 0 Å². The summed E-state index contributed by atoms with van der Waals surface area (Å²) in [6.45, 7) is -0.417. The van der Waals surface area contributed by atoms with Crippen LogP contribution >= 0.6 is 0 Å². The van der Waals surface area contributed by atoms with Gasteiger partial charge in [-0.3, -0.25) is 9.48 Å². The second-order valence-corrected chi connectivity index (χ2v) is 10.9. The molecule has 2 aromatic rings. The summed E-state index contributed by atoms with van der Waals surface area (Å²) >= 11 is 0. The first kappa shape index (κ1) is 23.2. The van der Waals surface area contributed by atoms with Crippen LogP contribution in [0.2, 0.25) is 0 Å². The molecule has 0 amide bonds. The van der Waals surface area contributed by atoms with Crippen LogP contribution < -0.4 is 4.72 Å². The van der Waals surface area contributed by atoms with E-state index in [-0.39, 0.29) is 0 Å². The molecule has 1 aromatic heterocycles. The van der Waals surface area contributed by atoms with Crippen molar-refractivity contribution in [1.29, 1.82) is 0 Å². The van der Waals surface area contributed by atoms with Gasteiger partial charge < -0.3 is 5.11 Å². The quantitative estimate of drug-likeness (QED) is 0.642. The van der Waals surface area contributed by atoms with Gasteiger partial charge in [0.2, 0.25) is 10.0 Å². The average molecular weight is 481 g/mol. The number of rotatable bonds is 6. The van der Waals surface area contributed by atoms with Crippen molar-refractivity contribution in [2.45, 2.75) is 47.8 Å². The topological polar surface area (TPSA) is 135 Å². The van der Waals surface area contributed by atoms with Gasteiger partial charge in [-0.25, -0.2) is 21.6 Å². The van der Waals surface area contributed by atoms with E-state index >= 15 is 0 Å². The highest BCUT2D eigenvalue weighted by molar-refractivity contribution is 7.91. The Bertz CT molecular complexity index is 1240. The number of sulfonamides is 1. The van der Waals surface area contributed by atoms with Gasteiger partial charge in [0.05, 0.1) is 27.6 Å². The first-order valence-corrected chi connectivity index (χ1v) is 12.3. The van der Waals surface area contributed by atoms with Gasteiger partial charge in [0, 0.05) is 17.5 Å². The summed E-state index contributed by atoms with van der Waals surface area (Å²) in [7, 11) is -8.67. The third kappa shape index (κ3) is 5.07. The average Bonchev–Trinajstić information content (AvgIpc) is 3.03. The van der Waals surface area contributed by atoms with Gasteiger partial charge >= 0.3 is 12.1 Å². The molecule has 0 saturated heterocycles. The molecule has 1 heterocycles. The first-order valence-electron chi connectivity index (χ1n) is 8.89. The molecule has 9 nitrogen and oxygen atoms in total. The normalized spacial score (nSPS) is 17.4. The first-order chi connectivity index (χ1) is 14.2. The van der Waals surface area contributed by atoms with Gasteiger partial charge in [-0.2, -0.15) is 18.3 Å². The Balaban J connectivity index is 2.01. The van der Waals surface area contributed by atoms with Gasteiger partial charge in [-0.05, 0) is 37.5 Å². The molecule has 170 valence electrons. The van der Waals surface area contributed by atoms with E-state index < -0.39 is 59.9 Å². The van der Waals surface area contributed by atoms with Crippen LogP contribution in [0.25, 0.3) is 0 Å². The molecular formula is C17H18F3N3O6S2. The lowest BCUT2D eigenvalue weighted by Gasteiger charge is -2.24. The Hall–Kier alpha value is -2.45. The predicted octanol–water partition coefficient (Wildman–Crippen LogP) is 1.75. The molecule has 0 aliphatic heterocycles. The van der Waals surface area contributed by atoms with E-state index in [0.29, 0.717) is 55.0 Å². The highest BCUT2D eigenvalue weighted by Crippen LogP contribution is 2.34.